The number of hydrogen-bond acceptors (Lipinski definition) is 7. The molecule has 8 heteroatoms. The first-order chi connectivity index (χ1) is 11.4. The number of ether oxygens (including phenoxy) is 3. The Morgan fingerprint density at radius 2 is 1.96 bits per heavy atom. The molecule has 0 N–H and O–H groups in total. The van der Waals surface area contributed by atoms with E-state index < -0.39 is 5.79 Å². The average molecular weight is 333 g/mol. The van der Waals surface area contributed by atoms with Gasteiger partial charge in [-0.25, -0.2) is 14.6 Å². The summed E-state index contributed by atoms with van der Waals surface area (Å²) in [7, 11) is 0. The van der Waals surface area contributed by atoms with Crippen LogP contribution in [0.2, 0.25) is 0 Å². The Hall–Kier alpha value is -1.64. The monoisotopic (exact) mass is 333 g/mol. The Labute approximate surface area is 140 Å². The Bertz CT molecular complexity index is 774. The van der Waals surface area contributed by atoms with E-state index in [9.17, 15) is 0 Å². The second-order valence-corrected chi connectivity index (χ2v) is 6.92. The largest absolute Gasteiger partial charge is 0.376 e. The van der Waals surface area contributed by atoms with Gasteiger partial charge in [-0.05, 0) is 34.6 Å². The molecule has 3 heterocycles. The zero-order chi connectivity index (χ0) is 17.1. The molecule has 0 radical (unpaired) electrons. The summed E-state index contributed by atoms with van der Waals surface area (Å²) in [5, 5.41) is 8.63. The van der Waals surface area contributed by atoms with Crippen molar-refractivity contribution in [1.29, 1.82) is 0 Å². The Kier molecular flexibility index (Phi) is 3.59. The molecule has 2 aromatic heterocycles. The minimum atomic E-state index is -0.624. The van der Waals surface area contributed by atoms with E-state index in [1.165, 1.54) is 0 Å². The van der Waals surface area contributed by atoms with Gasteiger partial charge in [0.05, 0.1) is 17.8 Å². The van der Waals surface area contributed by atoms with Crippen LogP contribution in [0, 0.1) is 13.8 Å². The molecule has 0 spiro atoms. The fourth-order valence-electron chi connectivity index (χ4n) is 3.85. The van der Waals surface area contributed by atoms with Crippen LogP contribution in [0.5, 0.6) is 0 Å². The molecule has 24 heavy (non-hydrogen) atoms. The minimum absolute atomic E-state index is 0.0185. The van der Waals surface area contributed by atoms with E-state index in [4.69, 9.17) is 14.2 Å². The fraction of sp³-hybridized carbons (Fsp3) is 0.750. The van der Waals surface area contributed by atoms with Crippen LogP contribution in [0.4, 0.5) is 0 Å². The Morgan fingerprint density at radius 1 is 1.21 bits per heavy atom. The quantitative estimate of drug-likeness (QED) is 0.845. The number of aromatic nitrogens is 5. The van der Waals surface area contributed by atoms with Gasteiger partial charge in [0.15, 0.2) is 17.0 Å². The van der Waals surface area contributed by atoms with Gasteiger partial charge in [-0.3, -0.25) is 0 Å². The molecule has 4 rings (SSSR count). The predicted octanol–water partition coefficient (Wildman–Crippen LogP) is 1.71. The zero-order valence-electron chi connectivity index (χ0n) is 14.7. The van der Waals surface area contributed by atoms with Crippen LogP contribution in [0.1, 0.15) is 44.8 Å². The van der Waals surface area contributed by atoms with Crippen molar-refractivity contribution in [1.82, 2.24) is 25.0 Å². The third-order valence-electron chi connectivity index (χ3n) is 4.69. The highest BCUT2D eigenvalue weighted by Gasteiger charge is 2.55. The minimum Gasteiger partial charge on any atom is -0.376 e. The molecular weight excluding hydrogens is 310 g/mol. The van der Waals surface area contributed by atoms with Crippen LogP contribution in [-0.4, -0.2) is 55.7 Å². The van der Waals surface area contributed by atoms with Gasteiger partial charge in [0.2, 0.25) is 0 Å². The Balaban J connectivity index is 1.76. The van der Waals surface area contributed by atoms with Gasteiger partial charge in [-0.1, -0.05) is 5.21 Å². The van der Waals surface area contributed by atoms with Gasteiger partial charge in [0.1, 0.15) is 18.0 Å². The summed E-state index contributed by atoms with van der Waals surface area (Å²) in [5.41, 5.74) is 2.31. The molecule has 8 nitrogen and oxygen atoms in total. The fourth-order valence-corrected chi connectivity index (χ4v) is 3.85. The number of hydrogen-bond donors (Lipinski definition) is 0. The van der Waals surface area contributed by atoms with Gasteiger partial charge in [-0.15, -0.1) is 5.10 Å². The van der Waals surface area contributed by atoms with E-state index in [-0.39, 0.29) is 24.4 Å². The van der Waals surface area contributed by atoms with Gasteiger partial charge in [0.25, 0.3) is 0 Å². The molecule has 0 aromatic carbocycles. The van der Waals surface area contributed by atoms with Crippen molar-refractivity contribution in [3.63, 3.8) is 0 Å². The topological polar surface area (TPSA) is 84.2 Å². The van der Waals surface area contributed by atoms with Crippen LogP contribution >= 0.6 is 0 Å². The molecule has 2 aliphatic rings. The maximum Gasteiger partial charge on any atom is 0.182 e. The molecule has 0 bridgehead atoms. The van der Waals surface area contributed by atoms with Gasteiger partial charge < -0.3 is 14.2 Å². The van der Waals surface area contributed by atoms with Crippen molar-refractivity contribution >= 4 is 11.2 Å². The number of nitrogens with zero attached hydrogens (tertiary/aromatic N) is 5. The smallest absolute Gasteiger partial charge is 0.182 e. The third-order valence-corrected chi connectivity index (χ3v) is 4.69. The van der Waals surface area contributed by atoms with E-state index in [1.807, 2.05) is 39.3 Å². The normalized spacial score (nSPS) is 31.7. The van der Waals surface area contributed by atoms with E-state index >= 15 is 0 Å². The van der Waals surface area contributed by atoms with Crippen molar-refractivity contribution in [2.45, 2.75) is 71.2 Å². The molecule has 1 aliphatic carbocycles. The van der Waals surface area contributed by atoms with Crippen molar-refractivity contribution in [3.8, 4) is 0 Å². The lowest BCUT2D eigenvalue weighted by molar-refractivity contribution is -0.170. The maximum atomic E-state index is 6.16. The molecule has 1 aliphatic heterocycles. The summed E-state index contributed by atoms with van der Waals surface area (Å²) in [5.74, 6) is 0.0870. The summed E-state index contributed by atoms with van der Waals surface area (Å²) in [6, 6.07) is -0.0213. The first-order valence-corrected chi connectivity index (χ1v) is 8.43. The molecule has 4 atom stereocenters. The Morgan fingerprint density at radius 3 is 2.71 bits per heavy atom. The van der Waals surface area contributed by atoms with Crippen molar-refractivity contribution in [2.75, 3.05) is 6.61 Å². The highest BCUT2D eigenvalue weighted by Crippen LogP contribution is 2.45. The summed E-state index contributed by atoms with van der Waals surface area (Å²) < 4.78 is 20.0. The highest BCUT2D eigenvalue weighted by atomic mass is 16.8. The molecule has 0 amide bonds. The molecule has 2 fully saturated rings. The first kappa shape index (κ1) is 15.9. The predicted molar refractivity (Wildman–Crippen MR) is 85.5 cm³/mol. The van der Waals surface area contributed by atoms with E-state index in [2.05, 4.69) is 20.3 Å². The average Bonchev–Trinajstić information content (AvgIpc) is 3.12. The lowest BCUT2D eigenvalue weighted by Gasteiger charge is -2.23. The SMILES string of the molecule is CCO[C@H]1C[C@@H](n2nnc3c(C)nc(C)nc32)[C@@H]2OC(C)(C)O[C@@H]21. The van der Waals surface area contributed by atoms with Gasteiger partial charge >= 0.3 is 0 Å². The first-order valence-electron chi connectivity index (χ1n) is 8.43. The van der Waals surface area contributed by atoms with Crippen LogP contribution in [0.15, 0.2) is 0 Å². The van der Waals surface area contributed by atoms with Crippen LogP contribution in [-0.2, 0) is 14.2 Å². The maximum absolute atomic E-state index is 6.16. The standard InChI is InChI=1S/C16H23N5O3/c1-6-22-11-7-10(13-14(11)24-16(4,5)23-13)21-15-12(19-20-21)8(2)17-9(3)18-15/h10-11,13-14H,6-7H2,1-5H3/t10-,11+,13+,14-/m1/s1. The number of aryl methyl sites for hydroxylation is 2. The molecule has 1 saturated heterocycles. The summed E-state index contributed by atoms with van der Waals surface area (Å²) in [4.78, 5) is 8.92. The van der Waals surface area contributed by atoms with Crippen molar-refractivity contribution < 1.29 is 14.2 Å². The zero-order valence-corrected chi connectivity index (χ0v) is 14.7. The van der Waals surface area contributed by atoms with Crippen LogP contribution in [0.3, 0.4) is 0 Å². The summed E-state index contributed by atoms with van der Waals surface area (Å²) in [6.07, 6.45) is 0.514. The van der Waals surface area contributed by atoms with Crippen LogP contribution < -0.4 is 0 Å². The van der Waals surface area contributed by atoms with E-state index in [0.29, 0.717) is 12.4 Å². The molecular formula is C16H23N5O3. The summed E-state index contributed by atoms with van der Waals surface area (Å²) in [6.45, 7) is 10.3. The molecule has 0 unspecified atom stereocenters. The summed E-state index contributed by atoms with van der Waals surface area (Å²) >= 11 is 0. The highest BCUT2D eigenvalue weighted by molar-refractivity contribution is 5.72. The van der Waals surface area contributed by atoms with E-state index in [1.54, 1.807) is 0 Å². The number of rotatable bonds is 3. The number of fused-ring (bicyclic) bond motifs is 2. The molecule has 130 valence electrons. The second-order valence-electron chi connectivity index (χ2n) is 6.92. The van der Waals surface area contributed by atoms with Crippen LogP contribution in [0.25, 0.3) is 11.2 Å². The molecule has 1 saturated carbocycles. The van der Waals surface area contributed by atoms with E-state index in [0.717, 1.165) is 23.3 Å². The van der Waals surface area contributed by atoms with Crippen molar-refractivity contribution in [2.24, 2.45) is 0 Å². The third kappa shape index (κ3) is 2.40. The van der Waals surface area contributed by atoms with Gasteiger partial charge in [-0.2, -0.15) is 0 Å². The van der Waals surface area contributed by atoms with Gasteiger partial charge in [0, 0.05) is 13.0 Å². The lowest BCUT2D eigenvalue weighted by atomic mass is 10.2. The molecule has 2 aromatic rings. The lowest BCUT2D eigenvalue weighted by Crippen LogP contribution is -2.31. The second kappa shape index (κ2) is 5.44. The van der Waals surface area contributed by atoms with Crippen molar-refractivity contribution in [3.05, 3.63) is 11.5 Å².